The Hall–Kier alpha value is -1.10. The van der Waals surface area contributed by atoms with E-state index in [0.717, 1.165) is 4.60 Å². The molecule has 0 saturated heterocycles. The first-order chi connectivity index (χ1) is 7.54. The smallest absolute Gasteiger partial charge is 0.244 e. The molecule has 1 aromatic rings. The summed E-state index contributed by atoms with van der Waals surface area (Å²) < 4.78 is 0.751. The van der Waals surface area contributed by atoms with Gasteiger partial charge in [0.05, 0.1) is 0 Å². The first-order valence-electron chi connectivity index (χ1n) is 5.18. The van der Waals surface area contributed by atoms with Gasteiger partial charge in [0.15, 0.2) is 0 Å². The van der Waals surface area contributed by atoms with Crippen molar-refractivity contribution in [3.05, 3.63) is 22.8 Å². The number of amides is 1. The van der Waals surface area contributed by atoms with Crippen molar-refractivity contribution in [3.8, 4) is 0 Å². The van der Waals surface area contributed by atoms with Gasteiger partial charge in [-0.15, -0.1) is 0 Å². The van der Waals surface area contributed by atoms with E-state index in [0.29, 0.717) is 12.4 Å². The van der Waals surface area contributed by atoms with Crippen molar-refractivity contribution < 1.29 is 4.79 Å². The molecule has 0 aliphatic rings. The lowest BCUT2D eigenvalue weighted by molar-refractivity contribution is -0.130. The number of hydrogen-bond donors (Lipinski definition) is 1. The van der Waals surface area contributed by atoms with Crippen LogP contribution >= 0.6 is 15.9 Å². The number of carbonyl (C=O) groups is 1. The van der Waals surface area contributed by atoms with Gasteiger partial charge in [0.2, 0.25) is 5.91 Å². The molecule has 0 aliphatic carbocycles. The molecule has 1 unspecified atom stereocenters. The summed E-state index contributed by atoms with van der Waals surface area (Å²) in [5, 5.41) is 3.07. The fraction of sp³-hybridized carbons (Fsp3) is 0.455. The van der Waals surface area contributed by atoms with Crippen LogP contribution in [0.4, 0.5) is 5.82 Å². The third kappa shape index (κ3) is 3.48. The zero-order valence-electron chi connectivity index (χ0n) is 9.70. The molecule has 88 valence electrons. The first-order valence-corrected chi connectivity index (χ1v) is 5.98. The Balaban J connectivity index is 2.64. The maximum absolute atomic E-state index is 11.8. The SMILES string of the molecule is CCN(C)C(=O)C(C)Nc1cccc(Br)n1. The molecular weight excluding hydrogens is 270 g/mol. The molecule has 1 heterocycles. The second kappa shape index (κ2) is 5.84. The summed E-state index contributed by atoms with van der Waals surface area (Å²) in [5.74, 6) is 0.754. The summed E-state index contributed by atoms with van der Waals surface area (Å²) in [7, 11) is 1.79. The predicted molar refractivity (Wildman–Crippen MR) is 68.3 cm³/mol. The molecular formula is C11H16BrN3O. The third-order valence-corrected chi connectivity index (χ3v) is 2.74. The number of halogens is 1. The summed E-state index contributed by atoms with van der Waals surface area (Å²) in [6, 6.07) is 5.28. The van der Waals surface area contributed by atoms with Crippen molar-refractivity contribution in [1.29, 1.82) is 0 Å². The van der Waals surface area contributed by atoms with Gasteiger partial charge in [-0.05, 0) is 41.9 Å². The van der Waals surface area contributed by atoms with Crippen LogP contribution in [0.25, 0.3) is 0 Å². The highest BCUT2D eigenvalue weighted by Crippen LogP contribution is 2.11. The zero-order chi connectivity index (χ0) is 12.1. The topological polar surface area (TPSA) is 45.2 Å². The van der Waals surface area contributed by atoms with Gasteiger partial charge in [0.25, 0.3) is 0 Å². The van der Waals surface area contributed by atoms with Gasteiger partial charge in [-0.1, -0.05) is 6.07 Å². The number of nitrogens with zero attached hydrogens (tertiary/aromatic N) is 2. The zero-order valence-corrected chi connectivity index (χ0v) is 11.3. The Bertz CT molecular complexity index is 370. The number of hydrogen-bond acceptors (Lipinski definition) is 3. The predicted octanol–water partition coefficient (Wildman–Crippen LogP) is 2.12. The molecule has 16 heavy (non-hydrogen) atoms. The average molecular weight is 286 g/mol. The van der Waals surface area contributed by atoms with Crippen LogP contribution in [0.5, 0.6) is 0 Å². The van der Waals surface area contributed by atoms with Gasteiger partial charge in [-0.25, -0.2) is 4.98 Å². The Kier molecular flexibility index (Phi) is 4.73. The Morgan fingerprint density at radius 3 is 2.88 bits per heavy atom. The summed E-state index contributed by atoms with van der Waals surface area (Å²) in [6.45, 7) is 4.48. The van der Waals surface area contributed by atoms with E-state index in [4.69, 9.17) is 0 Å². The molecule has 4 nitrogen and oxygen atoms in total. The van der Waals surface area contributed by atoms with Crippen LogP contribution in [0.3, 0.4) is 0 Å². The van der Waals surface area contributed by atoms with Crippen molar-refractivity contribution in [2.75, 3.05) is 18.9 Å². The van der Waals surface area contributed by atoms with Gasteiger partial charge < -0.3 is 10.2 Å². The van der Waals surface area contributed by atoms with Crippen molar-refractivity contribution in [2.24, 2.45) is 0 Å². The lowest BCUT2D eigenvalue weighted by Gasteiger charge is -2.20. The van der Waals surface area contributed by atoms with Crippen LogP contribution in [0.15, 0.2) is 22.8 Å². The summed E-state index contributed by atoms with van der Waals surface area (Å²) >= 11 is 3.29. The maximum atomic E-state index is 11.8. The van der Waals surface area contributed by atoms with Crippen LogP contribution in [-0.2, 0) is 4.79 Å². The molecule has 0 saturated carbocycles. The number of likely N-dealkylation sites (N-methyl/N-ethyl adjacent to an activating group) is 1. The minimum atomic E-state index is -0.272. The normalized spacial score (nSPS) is 12.0. The number of aromatic nitrogens is 1. The number of carbonyl (C=O) groups excluding carboxylic acids is 1. The quantitative estimate of drug-likeness (QED) is 0.862. The number of nitrogens with one attached hydrogen (secondary N) is 1. The monoisotopic (exact) mass is 285 g/mol. The van der Waals surface area contributed by atoms with E-state index in [1.54, 1.807) is 11.9 Å². The molecule has 0 bridgehead atoms. The fourth-order valence-electron chi connectivity index (χ4n) is 1.26. The molecule has 0 fully saturated rings. The van der Waals surface area contributed by atoms with Crippen molar-refractivity contribution in [2.45, 2.75) is 19.9 Å². The van der Waals surface area contributed by atoms with E-state index >= 15 is 0 Å². The first kappa shape index (κ1) is 13.0. The third-order valence-electron chi connectivity index (χ3n) is 2.30. The Labute approximate surface area is 104 Å². The number of anilines is 1. The molecule has 0 radical (unpaired) electrons. The highest BCUT2D eigenvalue weighted by atomic mass is 79.9. The largest absolute Gasteiger partial charge is 0.359 e. The molecule has 1 N–H and O–H groups in total. The van der Waals surface area contributed by atoms with E-state index in [1.807, 2.05) is 32.0 Å². The highest BCUT2D eigenvalue weighted by molar-refractivity contribution is 9.10. The van der Waals surface area contributed by atoms with Crippen LogP contribution < -0.4 is 5.32 Å². The maximum Gasteiger partial charge on any atom is 0.244 e. The summed E-state index contributed by atoms with van der Waals surface area (Å²) in [4.78, 5) is 17.7. The van der Waals surface area contributed by atoms with Gasteiger partial charge in [-0.2, -0.15) is 0 Å². The van der Waals surface area contributed by atoms with Crippen LogP contribution in [-0.4, -0.2) is 35.4 Å². The summed E-state index contributed by atoms with van der Waals surface area (Å²) in [5.41, 5.74) is 0. The minimum absolute atomic E-state index is 0.0595. The second-order valence-corrected chi connectivity index (χ2v) is 4.38. The van der Waals surface area contributed by atoms with E-state index in [9.17, 15) is 4.79 Å². The van der Waals surface area contributed by atoms with Crippen LogP contribution in [0.1, 0.15) is 13.8 Å². The number of pyridine rings is 1. The average Bonchev–Trinajstić information content (AvgIpc) is 2.27. The van der Waals surface area contributed by atoms with Crippen molar-refractivity contribution >= 4 is 27.7 Å². The fourth-order valence-corrected chi connectivity index (χ4v) is 1.60. The molecule has 1 rings (SSSR count). The Morgan fingerprint density at radius 1 is 1.62 bits per heavy atom. The van der Waals surface area contributed by atoms with Gasteiger partial charge >= 0.3 is 0 Å². The Morgan fingerprint density at radius 2 is 2.31 bits per heavy atom. The molecule has 1 atom stereocenters. The van der Waals surface area contributed by atoms with Crippen molar-refractivity contribution in [1.82, 2.24) is 9.88 Å². The lowest BCUT2D eigenvalue weighted by atomic mass is 10.3. The van der Waals surface area contributed by atoms with Gasteiger partial charge in [0.1, 0.15) is 16.5 Å². The molecule has 0 aliphatic heterocycles. The molecule has 0 spiro atoms. The molecule has 1 amide bonds. The minimum Gasteiger partial charge on any atom is -0.359 e. The highest BCUT2D eigenvalue weighted by Gasteiger charge is 2.16. The van der Waals surface area contributed by atoms with E-state index in [-0.39, 0.29) is 11.9 Å². The molecule has 5 heteroatoms. The molecule has 0 aromatic carbocycles. The van der Waals surface area contributed by atoms with Crippen molar-refractivity contribution in [3.63, 3.8) is 0 Å². The van der Waals surface area contributed by atoms with Gasteiger partial charge in [-0.3, -0.25) is 4.79 Å². The van der Waals surface area contributed by atoms with E-state index in [1.165, 1.54) is 0 Å². The number of rotatable bonds is 4. The van der Waals surface area contributed by atoms with Crippen LogP contribution in [0, 0.1) is 0 Å². The van der Waals surface area contributed by atoms with E-state index in [2.05, 4.69) is 26.2 Å². The second-order valence-electron chi connectivity index (χ2n) is 3.56. The van der Waals surface area contributed by atoms with Gasteiger partial charge in [0, 0.05) is 13.6 Å². The van der Waals surface area contributed by atoms with Crippen LogP contribution in [0.2, 0.25) is 0 Å². The standard InChI is InChI=1S/C11H16BrN3O/c1-4-15(3)11(16)8(2)13-10-7-5-6-9(12)14-10/h5-8H,4H2,1-3H3,(H,13,14). The lowest BCUT2D eigenvalue weighted by Crippen LogP contribution is -2.39. The molecule has 1 aromatic heterocycles. The van der Waals surface area contributed by atoms with E-state index < -0.39 is 0 Å². The summed E-state index contributed by atoms with van der Waals surface area (Å²) in [6.07, 6.45) is 0.